The number of aromatic nitrogens is 1. The quantitative estimate of drug-likeness (QED) is 0.673. The minimum atomic E-state index is 0.434. The smallest absolute Gasteiger partial charge is 0.154 e. The lowest BCUT2D eigenvalue weighted by molar-refractivity contribution is 0.374. The second kappa shape index (κ2) is 6.15. The average Bonchev–Trinajstić information content (AvgIpc) is 2.35. The third-order valence-electron chi connectivity index (χ3n) is 3.95. The van der Waals surface area contributed by atoms with E-state index in [4.69, 9.17) is 23.2 Å². The van der Waals surface area contributed by atoms with Crippen molar-refractivity contribution in [1.29, 1.82) is 0 Å². The lowest BCUT2D eigenvalue weighted by Crippen LogP contribution is -2.34. The van der Waals surface area contributed by atoms with E-state index in [2.05, 4.69) is 50.5 Å². The van der Waals surface area contributed by atoms with E-state index in [0.717, 1.165) is 28.6 Å². The molecular formula is C16H15BrCl2N2. The summed E-state index contributed by atoms with van der Waals surface area (Å²) < 4.78 is 1.14. The van der Waals surface area contributed by atoms with Gasteiger partial charge in [0.1, 0.15) is 5.15 Å². The number of anilines is 1. The van der Waals surface area contributed by atoms with Gasteiger partial charge in [0.05, 0.1) is 5.69 Å². The van der Waals surface area contributed by atoms with Gasteiger partial charge in [-0.05, 0) is 55.0 Å². The lowest BCUT2D eigenvalue weighted by atomic mass is 9.76. The number of benzene rings is 1. The van der Waals surface area contributed by atoms with Crippen molar-refractivity contribution in [2.75, 3.05) is 5.32 Å². The largest absolute Gasteiger partial charge is 0.380 e. The van der Waals surface area contributed by atoms with E-state index < -0.39 is 0 Å². The third-order valence-corrected chi connectivity index (χ3v) is 4.91. The molecule has 0 saturated heterocycles. The zero-order chi connectivity index (χ0) is 15.0. The Labute approximate surface area is 143 Å². The molecule has 1 fully saturated rings. The first-order valence-corrected chi connectivity index (χ1v) is 8.42. The van der Waals surface area contributed by atoms with Gasteiger partial charge < -0.3 is 5.32 Å². The molecule has 21 heavy (non-hydrogen) atoms. The Morgan fingerprint density at radius 3 is 2.67 bits per heavy atom. The molecule has 1 aromatic heterocycles. The van der Waals surface area contributed by atoms with E-state index >= 15 is 0 Å². The average molecular weight is 386 g/mol. The van der Waals surface area contributed by atoms with Gasteiger partial charge >= 0.3 is 0 Å². The maximum absolute atomic E-state index is 6.17. The lowest BCUT2D eigenvalue weighted by Gasteiger charge is -2.37. The minimum absolute atomic E-state index is 0.434. The van der Waals surface area contributed by atoms with E-state index in [1.165, 1.54) is 5.56 Å². The molecule has 1 aromatic carbocycles. The molecule has 0 atom stereocenters. The minimum Gasteiger partial charge on any atom is -0.380 e. The van der Waals surface area contributed by atoms with Crippen LogP contribution in [0, 0.1) is 6.92 Å². The Morgan fingerprint density at radius 1 is 1.24 bits per heavy atom. The molecule has 110 valence electrons. The molecule has 5 heteroatoms. The van der Waals surface area contributed by atoms with E-state index in [1.54, 1.807) is 0 Å². The van der Waals surface area contributed by atoms with Crippen molar-refractivity contribution in [2.24, 2.45) is 0 Å². The fourth-order valence-corrected chi connectivity index (χ4v) is 3.74. The number of hydrogen-bond acceptors (Lipinski definition) is 2. The Balaban J connectivity index is 1.65. The van der Waals surface area contributed by atoms with Gasteiger partial charge in [-0.2, -0.15) is 0 Å². The van der Waals surface area contributed by atoms with Crippen LogP contribution in [0.3, 0.4) is 0 Å². The van der Waals surface area contributed by atoms with Crippen LogP contribution in [0.5, 0.6) is 0 Å². The van der Waals surface area contributed by atoms with E-state index in [-0.39, 0.29) is 0 Å². The summed E-state index contributed by atoms with van der Waals surface area (Å²) in [6, 6.07) is 10.8. The standard InChI is InChI=1S/C16H15BrCl2N2/c1-9-5-14(18)21-16(19)15(9)20-13-7-11(8-13)10-3-2-4-12(17)6-10/h2-6,11,13,20H,7-8H2,1H3. The molecular weight excluding hydrogens is 371 g/mol. The molecule has 0 bridgehead atoms. The molecule has 1 heterocycles. The predicted molar refractivity (Wildman–Crippen MR) is 92.5 cm³/mol. The van der Waals surface area contributed by atoms with Crippen molar-refractivity contribution in [3.8, 4) is 0 Å². The maximum atomic E-state index is 6.17. The molecule has 2 aromatic rings. The summed E-state index contributed by atoms with van der Waals surface area (Å²) >= 11 is 15.6. The fourth-order valence-electron chi connectivity index (χ4n) is 2.74. The number of rotatable bonds is 3. The summed E-state index contributed by atoms with van der Waals surface area (Å²) in [4.78, 5) is 4.10. The van der Waals surface area contributed by atoms with Gasteiger partial charge in [0.15, 0.2) is 5.15 Å². The Bertz CT molecular complexity index is 646. The third kappa shape index (κ3) is 3.36. The number of pyridine rings is 1. The van der Waals surface area contributed by atoms with Crippen LogP contribution in [-0.4, -0.2) is 11.0 Å². The summed E-state index contributed by atoms with van der Waals surface area (Å²) in [5, 5.41) is 4.38. The van der Waals surface area contributed by atoms with Gasteiger partial charge in [0.2, 0.25) is 0 Å². The molecule has 1 aliphatic carbocycles. The zero-order valence-corrected chi connectivity index (χ0v) is 14.6. The molecule has 0 spiro atoms. The number of nitrogens with one attached hydrogen (secondary N) is 1. The van der Waals surface area contributed by atoms with Crippen LogP contribution in [-0.2, 0) is 0 Å². The van der Waals surface area contributed by atoms with Crippen molar-refractivity contribution < 1.29 is 0 Å². The SMILES string of the molecule is Cc1cc(Cl)nc(Cl)c1NC1CC(c2cccc(Br)c2)C1. The van der Waals surface area contributed by atoms with Crippen LogP contribution in [0.25, 0.3) is 0 Å². The van der Waals surface area contributed by atoms with Crippen LogP contribution in [0.1, 0.15) is 29.9 Å². The summed E-state index contributed by atoms with van der Waals surface area (Å²) in [7, 11) is 0. The van der Waals surface area contributed by atoms with Gasteiger partial charge in [-0.25, -0.2) is 4.98 Å². The Hall–Kier alpha value is -0.770. The first kappa shape index (κ1) is 15.1. The van der Waals surface area contributed by atoms with Crippen LogP contribution in [0.15, 0.2) is 34.8 Å². The van der Waals surface area contributed by atoms with Gasteiger partial charge in [-0.3, -0.25) is 0 Å². The molecule has 2 nitrogen and oxygen atoms in total. The molecule has 0 aliphatic heterocycles. The Kier molecular flexibility index (Phi) is 4.43. The van der Waals surface area contributed by atoms with Crippen molar-refractivity contribution >= 4 is 44.8 Å². The predicted octanol–water partition coefficient (Wildman–Crippen LogP) is 5.82. The molecule has 1 saturated carbocycles. The number of aryl methyl sites for hydroxylation is 1. The second-order valence-corrected chi connectivity index (χ2v) is 7.15. The summed E-state index contributed by atoms with van der Waals surface area (Å²) in [6.45, 7) is 1.99. The first-order valence-electron chi connectivity index (χ1n) is 6.87. The number of halogens is 3. The van der Waals surface area contributed by atoms with E-state index in [1.807, 2.05) is 13.0 Å². The van der Waals surface area contributed by atoms with Gasteiger partial charge in [-0.15, -0.1) is 0 Å². The molecule has 3 rings (SSSR count). The maximum Gasteiger partial charge on any atom is 0.154 e. The first-order chi connectivity index (χ1) is 10.0. The highest BCUT2D eigenvalue weighted by Gasteiger charge is 2.31. The fraction of sp³-hybridized carbons (Fsp3) is 0.312. The molecule has 0 radical (unpaired) electrons. The van der Waals surface area contributed by atoms with Crippen molar-refractivity contribution in [3.05, 3.63) is 56.2 Å². The Morgan fingerprint density at radius 2 is 2.00 bits per heavy atom. The van der Waals surface area contributed by atoms with Gasteiger partial charge in [0, 0.05) is 10.5 Å². The second-order valence-electron chi connectivity index (χ2n) is 5.49. The number of hydrogen-bond donors (Lipinski definition) is 1. The van der Waals surface area contributed by atoms with Crippen molar-refractivity contribution in [2.45, 2.75) is 31.7 Å². The monoisotopic (exact) mass is 384 g/mol. The topological polar surface area (TPSA) is 24.9 Å². The summed E-state index contributed by atoms with van der Waals surface area (Å²) in [5.41, 5.74) is 3.32. The molecule has 0 unspecified atom stereocenters. The van der Waals surface area contributed by atoms with Crippen molar-refractivity contribution in [3.63, 3.8) is 0 Å². The van der Waals surface area contributed by atoms with E-state index in [9.17, 15) is 0 Å². The van der Waals surface area contributed by atoms with Gasteiger partial charge in [0.25, 0.3) is 0 Å². The van der Waals surface area contributed by atoms with Crippen LogP contribution < -0.4 is 5.32 Å². The zero-order valence-electron chi connectivity index (χ0n) is 11.5. The van der Waals surface area contributed by atoms with E-state index in [0.29, 0.717) is 22.3 Å². The molecule has 0 amide bonds. The van der Waals surface area contributed by atoms with Crippen LogP contribution in [0.4, 0.5) is 5.69 Å². The number of nitrogens with zero attached hydrogens (tertiary/aromatic N) is 1. The summed E-state index contributed by atoms with van der Waals surface area (Å²) in [6.07, 6.45) is 2.21. The highest BCUT2D eigenvalue weighted by molar-refractivity contribution is 9.10. The van der Waals surface area contributed by atoms with Gasteiger partial charge in [-0.1, -0.05) is 51.3 Å². The molecule has 1 aliphatic rings. The highest BCUT2D eigenvalue weighted by atomic mass is 79.9. The highest BCUT2D eigenvalue weighted by Crippen LogP contribution is 2.40. The molecule has 1 N–H and O–H groups in total. The van der Waals surface area contributed by atoms with Crippen LogP contribution in [0.2, 0.25) is 10.3 Å². The normalized spacial score (nSPS) is 21.0. The van der Waals surface area contributed by atoms with Crippen LogP contribution >= 0.6 is 39.1 Å². The summed E-state index contributed by atoms with van der Waals surface area (Å²) in [5.74, 6) is 0.611. The van der Waals surface area contributed by atoms with Crippen molar-refractivity contribution in [1.82, 2.24) is 4.98 Å².